The van der Waals surface area contributed by atoms with E-state index < -0.39 is 5.82 Å². The summed E-state index contributed by atoms with van der Waals surface area (Å²) in [5, 5.41) is 2.67. The molecule has 0 bridgehead atoms. The number of rotatable bonds is 5. The molecule has 5 nitrogen and oxygen atoms in total. The van der Waals surface area contributed by atoms with Crippen molar-refractivity contribution in [2.45, 2.75) is 13.5 Å². The highest BCUT2D eigenvalue weighted by Crippen LogP contribution is 2.16. The molecule has 112 valence electrons. The highest BCUT2D eigenvalue weighted by atomic mass is 19.1. The average Bonchev–Trinajstić information content (AvgIpc) is 2.79. The minimum Gasteiger partial charge on any atom is -0.465 e. The minimum atomic E-state index is -0.502. The molecule has 0 spiro atoms. The van der Waals surface area contributed by atoms with Crippen molar-refractivity contribution in [2.24, 2.45) is 0 Å². The zero-order chi connectivity index (χ0) is 15.4. The summed E-state index contributed by atoms with van der Waals surface area (Å²) < 4.78 is 18.5. The summed E-state index contributed by atoms with van der Waals surface area (Å²) in [7, 11) is 1.82. The van der Waals surface area contributed by atoms with Crippen molar-refractivity contribution < 1.29 is 13.6 Å². The maximum Gasteiger partial charge on any atom is 0.238 e. The smallest absolute Gasteiger partial charge is 0.238 e. The Balaban J connectivity index is 1.87. The van der Waals surface area contributed by atoms with Crippen LogP contribution < -0.4 is 11.1 Å². The summed E-state index contributed by atoms with van der Waals surface area (Å²) in [6.45, 7) is 2.60. The highest BCUT2D eigenvalue weighted by Gasteiger charge is 2.10. The van der Waals surface area contributed by atoms with Crippen molar-refractivity contribution in [1.82, 2.24) is 4.90 Å². The van der Waals surface area contributed by atoms with Gasteiger partial charge in [0.25, 0.3) is 0 Å². The van der Waals surface area contributed by atoms with Crippen molar-refractivity contribution in [3.05, 3.63) is 47.7 Å². The number of benzene rings is 1. The summed E-state index contributed by atoms with van der Waals surface area (Å²) in [5.41, 5.74) is 5.93. The third kappa shape index (κ3) is 4.32. The molecule has 0 fully saturated rings. The minimum absolute atomic E-state index is 0.00668. The first-order valence-electron chi connectivity index (χ1n) is 6.53. The quantitative estimate of drug-likeness (QED) is 0.830. The Morgan fingerprint density at radius 2 is 2.14 bits per heavy atom. The van der Waals surface area contributed by atoms with Gasteiger partial charge in [-0.25, -0.2) is 4.39 Å². The Morgan fingerprint density at radius 1 is 1.38 bits per heavy atom. The van der Waals surface area contributed by atoms with Crippen LogP contribution in [0.25, 0.3) is 0 Å². The summed E-state index contributed by atoms with van der Waals surface area (Å²) in [4.78, 5) is 13.7. The second-order valence-electron chi connectivity index (χ2n) is 4.97. The van der Waals surface area contributed by atoms with E-state index in [0.717, 1.165) is 11.5 Å². The van der Waals surface area contributed by atoms with Gasteiger partial charge in [0.15, 0.2) is 0 Å². The van der Waals surface area contributed by atoms with Crippen molar-refractivity contribution >= 4 is 17.3 Å². The van der Waals surface area contributed by atoms with Gasteiger partial charge in [-0.2, -0.15) is 0 Å². The topological polar surface area (TPSA) is 71.5 Å². The molecule has 1 aromatic carbocycles. The number of nitrogen functional groups attached to an aromatic ring is 1. The van der Waals surface area contributed by atoms with Crippen LogP contribution in [0.1, 0.15) is 11.5 Å². The number of anilines is 2. The van der Waals surface area contributed by atoms with E-state index in [-0.39, 0.29) is 18.1 Å². The second kappa shape index (κ2) is 6.41. The van der Waals surface area contributed by atoms with Crippen LogP contribution in [0.2, 0.25) is 0 Å². The van der Waals surface area contributed by atoms with Crippen LogP contribution in [-0.4, -0.2) is 24.4 Å². The van der Waals surface area contributed by atoms with Gasteiger partial charge in [-0.05, 0) is 44.3 Å². The number of hydrogen-bond acceptors (Lipinski definition) is 4. The van der Waals surface area contributed by atoms with Crippen LogP contribution >= 0.6 is 0 Å². The van der Waals surface area contributed by atoms with Gasteiger partial charge < -0.3 is 15.5 Å². The molecule has 0 saturated heterocycles. The van der Waals surface area contributed by atoms with Gasteiger partial charge in [-0.3, -0.25) is 9.69 Å². The molecular formula is C15H18FN3O2. The molecule has 2 aromatic rings. The summed E-state index contributed by atoms with van der Waals surface area (Å²) in [6, 6.07) is 7.85. The molecule has 1 amide bonds. The molecule has 21 heavy (non-hydrogen) atoms. The second-order valence-corrected chi connectivity index (χ2v) is 4.97. The summed E-state index contributed by atoms with van der Waals surface area (Å²) in [6.07, 6.45) is 0. The van der Waals surface area contributed by atoms with E-state index in [2.05, 4.69) is 5.32 Å². The fourth-order valence-corrected chi connectivity index (χ4v) is 1.96. The molecular weight excluding hydrogens is 273 g/mol. The van der Waals surface area contributed by atoms with Gasteiger partial charge in [0.2, 0.25) is 5.91 Å². The fraction of sp³-hybridized carbons (Fsp3) is 0.267. The Labute approximate surface area is 122 Å². The lowest BCUT2D eigenvalue weighted by atomic mass is 10.2. The first-order chi connectivity index (χ1) is 9.94. The van der Waals surface area contributed by atoms with Crippen LogP contribution in [0, 0.1) is 12.7 Å². The lowest BCUT2D eigenvalue weighted by Crippen LogP contribution is -2.29. The Bertz CT molecular complexity index is 640. The third-order valence-electron chi connectivity index (χ3n) is 2.92. The molecule has 0 unspecified atom stereocenters. The average molecular weight is 291 g/mol. The lowest BCUT2D eigenvalue weighted by molar-refractivity contribution is -0.117. The molecule has 0 saturated carbocycles. The molecule has 0 radical (unpaired) electrons. The molecule has 0 aliphatic rings. The van der Waals surface area contributed by atoms with E-state index in [1.54, 1.807) is 0 Å². The number of nitrogens with zero attached hydrogens (tertiary/aromatic N) is 1. The maximum absolute atomic E-state index is 13.0. The molecule has 3 N–H and O–H groups in total. The fourth-order valence-electron chi connectivity index (χ4n) is 1.96. The van der Waals surface area contributed by atoms with Crippen molar-refractivity contribution in [1.29, 1.82) is 0 Å². The largest absolute Gasteiger partial charge is 0.465 e. The van der Waals surface area contributed by atoms with Gasteiger partial charge >= 0.3 is 0 Å². The summed E-state index contributed by atoms with van der Waals surface area (Å²) in [5.74, 6) is 0.934. The van der Waals surface area contributed by atoms with E-state index in [4.69, 9.17) is 10.2 Å². The number of carbonyl (C=O) groups excluding carboxylic acids is 1. The van der Waals surface area contributed by atoms with Crippen molar-refractivity contribution in [3.8, 4) is 0 Å². The first kappa shape index (κ1) is 15.1. The number of nitrogens with one attached hydrogen (secondary N) is 1. The van der Waals surface area contributed by atoms with Crippen LogP contribution in [-0.2, 0) is 11.3 Å². The molecule has 0 aliphatic carbocycles. The van der Waals surface area contributed by atoms with Gasteiger partial charge in [0.1, 0.15) is 17.3 Å². The monoisotopic (exact) mass is 291 g/mol. The van der Waals surface area contributed by atoms with E-state index in [0.29, 0.717) is 12.2 Å². The number of likely N-dealkylation sites (N-methyl/N-ethyl adjacent to an activating group) is 1. The number of hydrogen-bond donors (Lipinski definition) is 2. The number of amides is 1. The maximum atomic E-state index is 13.0. The first-order valence-corrected chi connectivity index (χ1v) is 6.53. The van der Waals surface area contributed by atoms with E-state index in [9.17, 15) is 9.18 Å². The lowest BCUT2D eigenvalue weighted by Gasteiger charge is -2.15. The Hall–Kier alpha value is -2.34. The zero-order valence-electron chi connectivity index (χ0n) is 12.0. The number of furan rings is 1. The van der Waals surface area contributed by atoms with Crippen molar-refractivity contribution in [3.63, 3.8) is 0 Å². The van der Waals surface area contributed by atoms with Gasteiger partial charge in [0, 0.05) is 5.69 Å². The van der Waals surface area contributed by atoms with E-state index in [1.807, 2.05) is 31.0 Å². The van der Waals surface area contributed by atoms with Crippen LogP contribution in [0.4, 0.5) is 15.8 Å². The molecule has 1 heterocycles. The molecule has 6 heteroatoms. The Kier molecular flexibility index (Phi) is 4.59. The Morgan fingerprint density at radius 3 is 2.76 bits per heavy atom. The zero-order valence-corrected chi connectivity index (χ0v) is 12.0. The highest BCUT2D eigenvalue weighted by molar-refractivity contribution is 5.92. The normalized spacial score (nSPS) is 10.9. The third-order valence-corrected chi connectivity index (χ3v) is 2.92. The van der Waals surface area contributed by atoms with Crippen LogP contribution in [0.15, 0.2) is 34.7 Å². The molecule has 0 atom stereocenters. The summed E-state index contributed by atoms with van der Waals surface area (Å²) >= 11 is 0. The van der Waals surface area contributed by atoms with Gasteiger partial charge in [0.05, 0.1) is 18.8 Å². The molecule has 0 aliphatic heterocycles. The van der Waals surface area contributed by atoms with Gasteiger partial charge in [-0.1, -0.05) is 0 Å². The number of aryl methyl sites for hydroxylation is 1. The molecule has 1 aromatic heterocycles. The standard InChI is InChI=1S/C15H18FN3O2/c1-10-3-5-12(21-10)8-19(2)9-15(20)18-11-4-6-13(16)14(17)7-11/h3-7H,8-9,17H2,1-2H3,(H,18,20). The van der Waals surface area contributed by atoms with Crippen LogP contribution in [0.3, 0.4) is 0 Å². The number of carbonyl (C=O) groups is 1. The van der Waals surface area contributed by atoms with Crippen LogP contribution in [0.5, 0.6) is 0 Å². The predicted molar refractivity (Wildman–Crippen MR) is 79.2 cm³/mol. The van der Waals surface area contributed by atoms with E-state index in [1.165, 1.54) is 18.2 Å². The number of halogens is 1. The van der Waals surface area contributed by atoms with E-state index >= 15 is 0 Å². The SMILES string of the molecule is Cc1ccc(CN(C)CC(=O)Nc2ccc(F)c(N)c2)o1. The van der Waals surface area contributed by atoms with Gasteiger partial charge in [-0.15, -0.1) is 0 Å². The predicted octanol–water partition coefficient (Wildman–Crippen LogP) is 2.38. The molecule has 2 rings (SSSR count). The number of nitrogens with two attached hydrogens (primary N) is 1. The van der Waals surface area contributed by atoms with Crippen molar-refractivity contribution in [2.75, 3.05) is 24.6 Å².